The van der Waals surface area contributed by atoms with Crippen LogP contribution < -0.4 is 5.32 Å². The molecule has 0 radical (unpaired) electrons. The summed E-state index contributed by atoms with van der Waals surface area (Å²) in [5.41, 5.74) is -1.68. The van der Waals surface area contributed by atoms with Gasteiger partial charge >= 0.3 is 21.6 Å². The molecule has 2 atom stereocenters. The van der Waals surface area contributed by atoms with E-state index >= 15 is 0 Å². The van der Waals surface area contributed by atoms with Crippen LogP contribution in [0.15, 0.2) is 0 Å². The van der Waals surface area contributed by atoms with E-state index in [0.29, 0.717) is 26.3 Å². The number of amides is 1. The first-order valence-corrected chi connectivity index (χ1v) is 19.2. The molecule has 0 aromatic heterocycles. The number of nitrogens with one attached hydrogen (secondary N) is 1. The van der Waals surface area contributed by atoms with E-state index in [4.69, 9.17) is 8.85 Å². The molecule has 0 saturated carbocycles. The Morgan fingerprint density at radius 1 is 0.875 bits per heavy atom. The zero-order valence-electron chi connectivity index (χ0n) is 21.4. The first kappa shape index (κ1) is 31.9. The van der Waals surface area contributed by atoms with Crippen LogP contribution in [0.25, 0.3) is 0 Å². The van der Waals surface area contributed by atoms with Crippen molar-refractivity contribution >= 4 is 38.6 Å². The highest BCUT2D eigenvalue weighted by Gasteiger charge is 2.49. The lowest BCUT2D eigenvalue weighted by Gasteiger charge is -2.37. The molecular formula is C19H44N2O7P2Si2+2. The molecule has 0 aliphatic carbocycles. The standard InChI is InChI=1S/C19H42N2O7P2Si2/c1-18(2,3)31(7,8)27-13-11-21(12-14-28-32(9,10)19(4,5)6)15-16(22)20-17(29(23)24)30(25)26/h17H,11-15H2,1-10H3,(H-2,20,22,23,24,25,26)/p+2. The summed E-state index contributed by atoms with van der Waals surface area (Å²) >= 11 is 0. The molecule has 2 unspecified atom stereocenters. The van der Waals surface area contributed by atoms with Gasteiger partial charge in [0.2, 0.25) is 5.91 Å². The summed E-state index contributed by atoms with van der Waals surface area (Å²) in [5, 5.41) is 2.32. The van der Waals surface area contributed by atoms with Gasteiger partial charge < -0.3 is 8.85 Å². The molecule has 188 valence electrons. The lowest BCUT2D eigenvalue weighted by Crippen LogP contribution is -2.47. The van der Waals surface area contributed by atoms with Crippen LogP contribution in [0.4, 0.5) is 0 Å². The summed E-state index contributed by atoms with van der Waals surface area (Å²) < 4.78 is 35.0. The molecule has 32 heavy (non-hydrogen) atoms. The summed E-state index contributed by atoms with van der Waals surface area (Å²) in [6.45, 7) is 23.3. The molecule has 0 saturated heterocycles. The van der Waals surface area contributed by atoms with Gasteiger partial charge in [-0.2, -0.15) is 9.79 Å². The third-order valence-electron chi connectivity index (χ3n) is 6.43. The van der Waals surface area contributed by atoms with Gasteiger partial charge in [-0.3, -0.25) is 15.0 Å². The van der Waals surface area contributed by atoms with Crippen molar-refractivity contribution in [2.75, 3.05) is 32.8 Å². The Morgan fingerprint density at radius 2 is 1.22 bits per heavy atom. The van der Waals surface area contributed by atoms with Gasteiger partial charge in [-0.25, -0.2) is 0 Å². The highest BCUT2D eigenvalue weighted by Crippen LogP contribution is 2.38. The van der Waals surface area contributed by atoms with Crippen LogP contribution in [0.2, 0.25) is 36.3 Å². The maximum absolute atomic E-state index is 12.4. The summed E-state index contributed by atoms with van der Waals surface area (Å²) in [7, 11) is -9.92. The maximum atomic E-state index is 12.4. The largest absolute Gasteiger partial charge is 0.588 e. The van der Waals surface area contributed by atoms with E-state index in [9.17, 15) is 23.7 Å². The quantitative estimate of drug-likeness (QED) is 0.239. The van der Waals surface area contributed by atoms with Gasteiger partial charge in [0.15, 0.2) is 16.6 Å². The van der Waals surface area contributed by atoms with Crippen LogP contribution in [0, 0.1) is 0 Å². The van der Waals surface area contributed by atoms with Crippen LogP contribution >= 0.6 is 16.1 Å². The molecule has 0 aromatic carbocycles. The van der Waals surface area contributed by atoms with Crippen molar-refractivity contribution in [3.8, 4) is 0 Å². The minimum absolute atomic E-state index is 0.0622. The van der Waals surface area contributed by atoms with E-state index in [1.165, 1.54) is 0 Å². The van der Waals surface area contributed by atoms with Crippen molar-refractivity contribution in [3.63, 3.8) is 0 Å². The lowest BCUT2D eigenvalue weighted by atomic mass is 10.2. The first-order chi connectivity index (χ1) is 14.2. The van der Waals surface area contributed by atoms with E-state index < -0.39 is 44.1 Å². The normalized spacial score (nSPS) is 15.5. The second-order valence-corrected chi connectivity index (χ2v) is 23.3. The van der Waals surface area contributed by atoms with Gasteiger partial charge in [-0.1, -0.05) is 41.5 Å². The molecule has 13 heteroatoms. The number of hydrogen-bond acceptors (Lipinski definition) is 6. The first-order valence-electron chi connectivity index (χ1n) is 10.8. The van der Waals surface area contributed by atoms with Crippen LogP contribution in [0.1, 0.15) is 41.5 Å². The van der Waals surface area contributed by atoms with Gasteiger partial charge in [0.1, 0.15) is 0 Å². The van der Waals surface area contributed by atoms with E-state index in [2.05, 4.69) is 73.0 Å². The van der Waals surface area contributed by atoms with Gasteiger partial charge in [-0.15, -0.1) is 0 Å². The van der Waals surface area contributed by atoms with E-state index in [1.54, 1.807) is 0 Å². The molecule has 0 aromatic rings. The zero-order chi connectivity index (χ0) is 25.5. The molecule has 0 rings (SSSR count). The van der Waals surface area contributed by atoms with Crippen molar-refractivity contribution in [1.82, 2.24) is 10.2 Å². The molecule has 0 aliphatic heterocycles. The van der Waals surface area contributed by atoms with Crippen LogP contribution in [0.5, 0.6) is 0 Å². The average molecular weight is 531 g/mol. The van der Waals surface area contributed by atoms with Crippen molar-refractivity contribution in [3.05, 3.63) is 0 Å². The summed E-state index contributed by atoms with van der Waals surface area (Å²) in [6.07, 6.45) is 0. The Balaban J connectivity index is 5.15. The second-order valence-electron chi connectivity index (χ2n) is 11.0. The lowest BCUT2D eigenvalue weighted by molar-refractivity contribution is -0.122. The third kappa shape index (κ3) is 10.9. The maximum Gasteiger partial charge on any atom is 0.588 e. The predicted molar refractivity (Wildman–Crippen MR) is 134 cm³/mol. The van der Waals surface area contributed by atoms with Gasteiger partial charge in [0, 0.05) is 26.3 Å². The monoisotopic (exact) mass is 530 g/mol. The molecule has 0 heterocycles. The number of carbonyl (C=O) groups is 1. The van der Waals surface area contributed by atoms with E-state index in [0.717, 1.165) is 0 Å². The number of hydrogen-bond donors (Lipinski definition) is 3. The van der Waals surface area contributed by atoms with Gasteiger partial charge in [-0.05, 0) is 45.4 Å². The number of nitrogens with zero attached hydrogens (tertiary/aromatic N) is 1. The molecule has 3 N–H and O–H groups in total. The molecule has 0 spiro atoms. The SMILES string of the molecule is CC(C)(C)[Si](C)(C)OCCN(CCO[Si](C)(C)C(C)(C)C)CC(=O)NC([P+](=O)O)[P+](=O)O. The molecule has 0 aliphatic rings. The highest BCUT2D eigenvalue weighted by molar-refractivity contribution is 7.57. The fraction of sp³-hybridized carbons (Fsp3) is 0.947. The smallest absolute Gasteiger partial charge is 0.416 e. The fourth-order valence-corrected chi connectivity index (χ4v) is 5.40. The Bertz CT molecular complexity index is 619. The predicted octanol–water partition coefficient (Wildman–Crippen LogP) is 4.20. The van der Waals surface area contributed by atoms with Gasteiger partial charge in [0.25, 0.3) is 0 Å². The van der Waals surface area contributed by atoms with Crippen molar-refractivity contribution in [2.24, 2.45) is 0 Å². The molecule has 0 bridgehead atoms. The third-order valence-corrected chi connectivity index (χ3v) is 17.8. The summed E-state index contributed by atoms with van der Waals surface area (Å²) in [4.78, 5) is 32.6. The topological polar surface area (TPSA) is 125 Å². The second kappa shape index (κ2) is 12.6. The summed E-state index contributed by atoms with van der Waals surface area (Å²) in [6, 6.07) is 0. The minimum Gasteiger partial charge on any atom is -0.416 e. The van der Waals surface area contributed by atoms with Crippen LogP contribution in [-0.2, 0) is 22.8 Å². The van der Waals surface area contributed by atoms with Crippen molar-refractivity contribution < 1.29 is 32.6 Å². The molecule has 0 fully saturated rings. The van der Waals surface area contributed by atoms with E-state index in [1.807, 2.05) is 4.90 Å². The van der Waals surface area contributed by atoms with Crippen LogP contribution in [0.3, 0.4) is 0 Å². The Kier molecular flexibility index (Phi) is 12.5. The minimum atomic E-state index is -3.01. The molecular weight excluding hydrogens is 486 g/mol. The van der Waals surface area contributed by atoms with Gasteiger partial charge in [0.05, 0.1) is 6.54 Å². The van der Waals surface area contributed by atoms with E-state index in [-0.39, 0.29) is 16.6 Å². The fourth-order valence-electron chi connectivity index (χ4n) is 2.15. The molecule has 1 amide bonds. The Labute approximate surface area is 197 Å². The zero-order valence-corrected chi connectivity index (χ0v) is 25.2. The summed E-state index contributed by atoms with van der Waals surface area (Å²) in [5.74, 6) is -0.593. The number of rotatable bonds is 13. The highest BCUT2D eigenvalue weighted by atomic mass is 31.2. The Hall–Kier alpha value is -0.0962. The van der Waals surface area contributed by atoms with Crippen LogP contribution in [-0.4, -0.2) is 75.6 Å². The average Bonchev–Trinajstić information content (AvgIpc) is 2.56. The Morgan fingerprint density at radius 3 is 1.50 bits per heavy atom. The van der Waals surface area contributed by atoms with Crippen molar-refractivity contribution in [1.29, 1.82) is 0 Å². The van der Waals surface area contributed by atoms with Crippen molar-refractivity contribution in [2.45, 2.75) is 83.3 Å². The number of carbonyl (C=O) groups excluding carboxylic acids is 1. The molecule has 9 nitrogen and oxygen atoms in total.